The van der Waals surface area contributed by atoms with E-state index in [0.717, 1.165) is 39.1 Å². The van der Waals surface area contributed by atoms with Crippen molar-refractivity contribution in [3.63, 3.8) is 0 Å². The lowest BCUT2D eigenvalue weighted by Crippen LogP contribution is -2.45. The lowest BCUT2D eigenvalue weighted by atomic mass is 10.2. The summed E-state index contributed by atoms with van der Waals surface area (Å²) in [5.41, 5.74) is 1.34. The van der Waals surface area contributed by atoms with Crippen molar-refractivity contribution in [1.82, 2.24) is 9.80 Å². The molecule has 18 heavy (non-hydrogen) atoms. The van der Waals surface area contributed by atoms with Crippen molar-refractivity contribution >= 4 is 6.41 Å². The predicted octanol–water partition coefficient (Wildman–Crippen LogP) is 1.22. The first kappa shape index (κ1) is 14.7. The average molecular weight is 250 g/mol. The minimum atomic E-state index is 0.857. The number of hydrogen-bond donors (Lipinski definition) is 0. The fourth-order valence-electron chi connectivity index (χ4n) is 1.87. The summed E-state index contributed by atoms with van der Waals surface area (Å²) >= 11 is 0. The summed E-state index contributed by atoms with van der Waals surface area (Å²) in [6.07, 6.45) is 0.944. The lowest BCUT2D eigenvalue weighted by Gasteiger charge is -2.32. The topological polar surface area (TPSA) is 32.8 Å². The van der Waals surface area contributed by atoms with Gasteiger partial charge in [-0.3, -0.25) is 9.69 Å². The lowest BCUT2D eigenvalue weighted by molar-refractivity contribution is -0.119. The van der Waals surface area contributed by atoms with Crippen LogP contribution in [0.25, 0.3) is 0 Å². The smallest absolute Gasteiger partial charge is 0.209 e. The number of carbonyl (C=O) groups excluding carboxylic acids is 1. The molecule has 1 aromatic carbocycles. The Labute approximate surface area is 109 Å². The number of benzene rings is 1. The molecule has 1 fully saturated rings. The second-order valence-electron chi connectivity index (χ2n) is 4.31. The first-order valence-corrected chi connectivity index (χ1v) is 6.16. The number of piperazine rings is 1. The zero-order valence-corrected chi connectivity index (χ0v) is 11.2. The van der Waals surface area contributed by atoms with Crippen molar-refractivity contribution in [3.8, 4) is 0 Å². The van der Waals surface area contributed by atoms with E-state index in [-0.39, 0.29) is 0 Å². The highest BCUT2D eigenvalue weighted by molar-refractivity contribution is 5.47. The van der Waals surface area contributed by atoms with Gasteiger partial charge in [0.25, 0.3) is 0 Å². The van der Waals surface area contributed by atoms with Gasteiger partial charge in [-0.2, -0.15) is 0 Å². The van der Waals surface area contributed by atoms with E-state index in [0.29, 0.717) is 0 Å². The number of methoxy groups -OCH3 is 1. The van der Waals surface area contributed by atoms with Gasteiger partial charge in [0, 0.05) is 46.9 Å². The first-order valence-electron chi connectivity index (χ1n) is 6.16. The van der Waals surface area contributed by atoms with E-state index in [1.54, 1.807) is 14.2 Å². The minimum absolute atomic E-state index is 0.857. The molecule has 1 amide bonds. The molecule has 1 heterocycles. The minimum Gasteiger partial charge on any atom is -0.388 e. The highest BCUT2D eigenvalue weighted by atomic mass is 16.4. The highest BCUT2D eigenvalue weighted by Gasteiger charge is 2.14. The van der Waals surface area contributed by atoms with Gasteiger partial charge in [0.15, 0.2) is 0 Å². The molecule has 0 bridgehead atoms. The third-order valence-corrected chi connectivity index (χ3v) is 2.80. The Bertz CT molecular complexity index is 322. The molecule has 2 rings (SSSR count). The molecule has 0 radical (unpaired) electrons. The monoisotopic (exact) mass is 250 g/mol. The van der Waals surface area contributed by atoms with Crippen molar-refractivity contribution in [3.05, 3.63) is 35.9 Å². The van der Waals surface area contributed by atoms with Crippen molar-refractivity contribution in [2.24, 2.45) is 0 Å². The van der Waals surface area contributed by atoms with Crippen LogP contribution in [0.3, 0.4) is 0 Å². The summed E-state index contributed by atoms with van der Waals surface area (Å²) in [4.78, 5) is 14.8. The van der Waals surface area contributed by atoms with E-state index in [4.69, 9.17) is 0 Å². The van der Waals surface area contributed by atoms with Crippen LogP contribution in [0.2, 0.25) is 0 Å². The van der Waals surface area contributed by atoms with Gasteiger partial charge in [0.1, 0.15) is 0 Å². The van der Waals surface area contributed by atoms with Crippen molar-refractivity contribution in [2.75, 3.05) is 40.4 Å². The average Bonchev–Trinajstić information content (AvgIpc) is 2.42. The summed E-state index contributed by atoms with van der Waals surface area (Å²) < 4.78 is 4.25. The number of hydrogen-bond acceptors (Lipinski definition) is 3. The Morgan fingerprint density at radius 1 is 1.11 bits per heavy atom. The molecule has 4 nitrogen and oxygen atoms in total. The highest BCUT2D eigenvalue weighted by Crippen LogP contribution is 2.07. The van der Waals surface area contributed by atoms with Gasteiger partial charge in [-0.15, -0.1) is 0 Å². The molecule has 1 saturated heterocycles. The Balaban J connectivity index is 0.000000492. The normalized spacial score (nSPS) is 15.8. The van der Waals surface area contributed by atoms with Gasteiger partial charge in [0.2, 0.25) is 6.41 Å². The number of carbonyl (C=O) groups is 1. The Morgan fingerprint density at radius 3 is 2.17 bits per heavy atom. The molecular formula is C14H22N2O2. The van der Waals surface area contributed by atoms with E-state index in [1.165, 1.54) is 5.56 Å². The molecule has 0 aromatic heterocycles. The largest absolute Gasteiger partial charge is 0.388 e. The van der Waals surface area contributed by atoms with Gasteiger partial charge in [-0.25, -0.2) is 0 Å². The summed E-state index contributed by atoms with van der Waals surface area (Å²) in [6, 6.07) is 10.5. The summed E-state index contributed by atoms with van der Waals surface area (Å²) in [7, 11) is 3.25. The predicted molar refractivity (Wildman–Crippen MR) is 72.3 cm³/mol. The van der Waals surface area contributed by atoms with Gasteiger partial charge < -0.3 is 9.64 Å². The van der Waals surface area contributed by atoms with Crippen LogP contribution in [0.1, 0.15) is 5.56 Å². The molecular weight excluding hydrogens is 228 g/mol. The fourth-order valence-corrected chi connectivity index (χ4v) is 1.87. The maximum absolute atomic E-state index is 10.5. The zero-order valence-electron chi connectivity index (χ0n) is 11.2. The standard InChI is InChI=1S/C12H16N2O.C2H6O/c15-11-14-8-6-13(7-9-14)10-12-4-2-1-3-5-12;1-3-2/h1-5,11H,6-10H2;1-2H3. The molecule has 0 spiro atoms. The van der Waals surface area contributed by atoms with Crippen LogP contribution in [0.4, 0.5) is 0 Å². The summed E-state index contributed by atoms with van der Waals surface area (Å²) in [5.74, 6) is 0. The maximum atomic E-state index is 10.5. The number of ether oxygens (including phenoxy) is 1. The fraction of sp³-hybridized carbons (Fsp3) is 0.500. The van der Waals surface area contributed by atoms with Crippen LogP contribution in [-0.2, 0) is 16.1 Å². The van der Waals surface area contributed by atoms with E-state index in [1.807, 2.05) is 11.0 Å². The molecule has 0 atom stereocenters. The van der Waals surface area contributed by atoms with Crippen molar-refractivity contribution < 1.29 is 9.53 Å². The molecule has 0 unspecified atom stereocenters. The number of rotatable bonds is 3. The number of amides is 1. The SMILES string of the molecule is COC.O=CN1CCN(Cc2ccccc2)CC1. The molecule has 100 valence electrons. The third kappa shape index (κ3) is 5.29. The third-order valence-electron chi connectivity index (χ3n) is 2.80. The molecule has 1 aliphatic heterocycles. The quantitative estimate of drug-likeness (QED) is 0.756. The maximum Gasteiger partial charge on any atom is 0.209 e. The second-order valence-corrected chi connectivity index (χ2v) is 4.31. The van der Waals surface area contributed by atoms with Gasteiger partial charge in [-0.05, 0) is 5.56 Å². The second kappa shape index (κ2) is 8.66. The van der Waals surface area contributed by atoms with Gasteiger partial charge in [0.05, 0.1) is 0 Å². The van der Waals surface area contributed by atoms with Gasteiger partial charge >= 0.3 is 0 Å². The van der Waals surface area contributed by atoms with E-state index < -0.39 is 0 Å². The van der Waals surface area contributed by atoms with Crippen LogP contribution in [0.15, 0.2) is 30.3 Å². The van der Waals surface area contributed by atoms with Crippen molar-refractivity contribution in [2.45, 2.75) is 6.54 Å². The van der Waals surface area contributed by atoms with Crippen LogP contribution in [-0.4, -0.2) is 56.6 Å². The number of nitrogens with zero attached hydrogens (tertiary/aromatic N) is 2. The first-order chi connectivity index (χ1) is 8.80. The molecule has 0 saturated carbocycles. The summed E-state index contributed by atoms with van der Waals surface area (Å²) in [6.45, 7) is 4.67. The van der Waals surface area contributed by atoms with E-state index in [9.17, 15) is 4.79 Å². The van der Waals surface area contributed by atoms with Crippen LogP contribution >= 0.6 is 0 Å². The van der Waals surface area contributed by atoms with E-state index >= 15 is 0 Å². The van der Waals surface area contributed by atoms with Crippen LogP contribution in [0, 0.1) is 0 Å². The molecule has 4 heteroatoms. The molecule has 1 aliphatic rings. The molecule has 1 aromatic rings. The van der Waals surface area contributed by atoms with Crippen molar-refractivity contribution in [1.29, 1.82) is 0 Å². The Morgan fingerprint density at radius 2 is 1.67 bits per heavy atom. The Kier molecular flexibility index (Phi) is 7.06. The molecule has 0 aliphatic carbocycles. The van der Waals surface area contributed by atoms with Gasteiger partial charge in [-0.1, -0.05) is 30.3 Å². The Hall–Kier alpha value is -1.39. The summed E-state index contributed by atoms with van der Waals surface area (Å²) in [5, 5.41) is 0. The van der Waals surface area contributed by atoms with Crippen LogP contribution < -0.4 is 0 Å². The molecule has 0 N–H and O–H groups in total. The zero-order chi connectivity index (χ0) is 13.2. The van der Waals surface area contributed by atoms with E-state index in [2.05, 4.69) is 33.9 Å². The van der Waals surface area contributed by atoms with Crippen LogP contribution in [0.5, 0.6) is 0 Å².